The predicted octanol–water partition coefficient (Wildman–Crippen LogP) is 1.97. The second-order valence-electron chi connectivity index (χ2n) is 5.70. The van der Waals surface area contributed by atoms with Gasteiger partial charge in [0.1, 0.15) is 0 Å². The van der Waals surface area contributed by atoms with Crippen LogP contribution in [0.4, 0.5) is 5.69 Å². The van der Waals surface area contributed by atoms with E-state index in [4.69, 9.17) is 9.47 Å². The Morgan fingerprint density at radius 3 is 2.55 bits per heavy atom. The Bertz CT molecular complexity index is 395. The van der Waals surface area contributed by atoms with Gasteiger partial charge in [-0.15, -0.1) is 0 Å². The van der Waals surface area contributed by atoms with Crippen LogP contribution in [0.25, 0.3) is 0 Å². The van der Waals surface area contributed by atoms with E-state index >= 15 is 0 Å². The summed E-state index contributed by atoms with van der Waals surface area (Å²) in [6, 6.07) is 8.82. The molecule has 0 radical (unpaired) electrons. The van der Waals surface area contributed by atoms with Gasteiger partial charge in [-0.2, -0.15) is 0 Å². The van der Waals surface area contributed by atoms with Crippen LogP contribution < -0.4 is 5.32 Å². The molecule has 3 rings (SSSR count). The summed E-state index contributed by atoms with van der Waals surface area (Å²) in [5, 5.41) is 3.50. The highest BCUT2D eigenvalue weighted by atomic mass is 16.5. The van der Waals surface area contributed by atoms with Gasteiger partial charge in [0.05, 0.1) is 19.8 Å². The van der Waals surface area contributed by atoms with Crippen molar-refractivity contribution in [3.8, 4) is 0 Å². The number of anilines is 1. The minimum absolute atomic E-state index is 0.669. The smallest absolute Gasteiger partial charge is 0.0594 e. The minimum Gasteiger partial charge on any atom is -0.385 e. The Morgan fingerprint density at radius 1 is 1.05 bits per heavy atom. The Hall–Kier alpha value is -1.10. The molecule has 1 unspecified atom stereocenters. The van der Waals surface area contributed by atoms with Crippen LogP contribution in [-0.4, -0.2) is 51.0 Å². The van der Waals surface area contributed by atoms with E-state index < -0.39 is 0 Å². The van der Waals surface area contributed by atoms with E-state index in [-0.39, 0.29) is 0 Å². The second-order valence-corrected chi connectivity index (χ2v) is 5.70. The fourth-order valence-electron chi connectivity index (χ4n) is 2.75. The van der Waals surface area contributed by atoms with Crippen LogP contribution in [0.5, 0.6) is 0 Å². The Labute approximate surface area is 121 Å². The fourth-order valence-corrected chi connectivity index (χ4v) is 2.75. The van der Waals surface area contributed by atoms with Gasteiger partial charge in [-0.1, -0.05) is 12.1 Å². The van der Waals surface area contributed by atoms with Crippen LogP contribution in [-0.2, 0) is 16.0 Å². The maximum atomic E-state index is 5.39. The highest BCUT2D eigenvalue weighted by molar-refractivity contribution is 5.44. The number of ether oxygens (including phenoxy) is 2. The Balaban J connectivity index is 1.46. The number of nitrogens with one attached hydrogen (secondary N) is 1. The lowest BCUT2D eigenvalue weighted by atomic mass is 10.1. The molecule has 1 atom stereocenters. The van der Waals surface area contributed by atoms with Crippen LogP contribution in [0.15, 0.2) is 24.3 Å². The monoisotopic (exact) mass is 276 g/mol. The molecule has 2 fully saturated rings. The maximum absolute atomic E-state index is 5.39. The standard InChI is InChI=1S/C16H24N2O2/c1-3-16(17-11-15-5-8-20-13-15)4-2-14(1)12-18-6-9-19-10-7-18/h1-4,15,17H,5-13H2. The van der Waals surface area contributed by atoms with E-state index in [2.05, 4.69) is 34.5 Å². The van der Waals surface area contributed by atoms with Crippen molar-refractivity contribution in [3.05, 3.63) is 29.8 Å². The van der Waals surface area contributed by atoms with Crippen molar-refractivity contribution in [3.63, 3.8) is 0 Å². The van der Waals surface area contributed by atoms with Crippen molar-refractivity contribution in [1.29, 1.82) is 0 Å². The first-order valence-corrected chi connectivity index (χ1v) is 7.61. The third-order valence-corrected chi connectivity index (χ3v) is 4.08. The zero-order valence-corrected chi connectivity index (χ0v) is 12.0. The van der Waals surface area contributed by atoms with E-state index in [0.717, 1.165) is 52.6 Å². The van der Waals surface area contributed by atoms with Gasteiger partial charge in [-0.3, -0.25) is 4.90 Å². The van der Waals surface area contributed by atoms with E-state index in [1.807, 2.05) is 0 Å². The quantitative estimate of drug-likeness (QED) is 0.891. The molecular weight excluding hydrogens is 252 g/mol. The lowest BCUT2D eigenvalue weighted by Gasteiger charge is -2.26. The fraction of sp³-hybridized carbons (Fsp3) is 0.625. The van der Waals surface area contributed by atoms with Crippen LogP contribution >= 0.6 is 0 Å². The normalized spacial score (nSPS) is 23.9. The van der Waals surface area contributed by atoms with E-state index in [9.17, 15) is 0 Å². The molecule has 2 saturated heterocycles. The molecular formula is C16H24N2O2. The van der Waals surface area contributed by atoms with Gasteiger partial charge in [0.2, 0.25) is 0 Å². The molecule has 1 N–H and O–H groups in total. The molecule has 1 aromatic rings. The van der Waals surface area contributed by atoms with Crippen LogP contribution in [0.1, 0.15) is 12.0 Å². The number of rotatable bonds is 5. The van der Waals surface area contributed by atoms with Crippen LogP contribution in [0, 0.1) is 5.92 Å². The number of nitrogens with zero attached hydrogens (tertiary/aromatic N) is 1. The van der Waals surface area contributed by atoms with Gasteiger partial charge < -0.3 is 14.8 Å². The third-order valence-electron chi connectivity index (χ3n) is 4.08. The van der Waals surface area contributed by atoms with E-state index in [1.165, 1.54) is 17.7 Å². The summed E-state index contributed by atoms with van der Waals surface area (Å²) in [4.78, 5) is 2.45. The number of hydrogen-bond donors (Lipinski definition) is 1. The van der Waals surface area contributed by atoms with Crippen molar-refractivity contribution in [2.45, 2.75) is 13.0 Å². The van der Waals surface area contributed by atoms with Gasteiger partial charge >= 0.3 is 0 Å². The highest BCUT2D eigenvalue weighted by Gasteiger charge is 2.15. The van der Waals surface area contributed by atoms with Crippen molar-refractivity contribution >= 4 is 5.69 Å². The molecule has 110 valence electrons. The van der Waals surface area contributed by atoms with Gasteiger partial charge in [-0.05, 0) is 24.1 Å². The summed E-state index contributed by atoms with van der Waals surface area (Å²) < 4.78 is 10.8. The molecule has 1 aromatic carbocycles. The molecule has 4 nitrogen and oxygen atoms in total. The van der Waals surface area contributed by atoms with Gasteiger partial charge in [0, 0.05) is 44.4 Å². The average Bonchev–Trinajstić information content (AvgIpc) is 3.01. The van der Waals surface area contributed by atoms with Crippen molar-refractivity contribution in [1.82, 2.24) is 4.90 Å². The second kappa shape index (κ2) is 7.07. The van der Waals surface area contributed by atoms with Crippen molar-refractivity contribution < 1.29 is 9.47 Å². The van der Waals surface area contributed by atoms with Gasteiger partial charge in [0.15, 0.2) is 0 Å². The maximum Gasteiger partial charge on any atom is 0.0594 e. The van der Waals surface area contributed by atoms with Crippen LogP contribution in [0.2, 0.25) is 0 Å². The largest absolute Gasteiger partial charge is 0.385 e. The zero-order valence-electron chi connectivity index (χ0n) is 12.0. The van der Waals surface area contributed by atoms with E-state index in [0.29, 0.717) is 5.92 Å². The SMILES string of the molecule is c1cc(NCC2CCOC2)ccc1CN1CCOCC1. The van der Waals surface area contributed by atoms with Crippen molar-refractivity contribution in [2.24, 2.45) is 5.92 Å². The average molecular weight is 276 g/mol. The first kappa shape index (κ1) is 13.9. The third kappa shape index (κ3) is 3.95. The Morgan fingerprint density at radius 2 is 1.85 bits per heavy atom. The molecule has 0 saturated carbocycles. The number of benzene rings is 1. The number of hydrogen-bond acceptors (Lipinski definition) is 4. The van der Waals surface area contributed by atoms with Gasteiger partial charge in [0.25, 0.3) is 0 Å². The molecule has 2 aliphatic rings. The molecule has 0 bridgehead atoms. The topological polar surface area (TPSA) is 33.7 Å². The molecule has 0 aliphatic carbocycles. The summed E-state index contributed by atoms with van der Waals surface area (Å²) in [5.41, 5.74) is 2.59. The summed E-state index contributed by atoms with van der Waals surface area (Å²) in [7, 11) is 0. The van der Waals surface area contributed by atoms with E-state index in [1.54, 1.807) is 0 Å². The summed E-state index contributed by atoms with van der Waals surface area (Å²) in [6.07, 6.45) is 1.18. The first-order valence-electron chi connectivity index (χ1n) is 7.61. The molecule has 4 heteroatoms. The lowest BCUT2D eigenvalue weighted by Crippen LogP contribution is -2.35. The first-order chi connectivity index (χ1) is 9.90. The molecule has 0 spiro atoms. The number of morpholine rings is 1. The van der Waals surface area contributed by atoms with Crippen molar-refractivity contribution in [2.75, 3.05) is 51.4 Å². The molecule has 20 heavy (non-hydrogen) atoms. The van der Waals surface area contributed by atoms with Gasteiger partial charge in [-0.25, -0.2) is 0 Å². The molecule has 0 amide bonds. The zero-order chi connectivity index (χ0) is 13.6. The molecule has 2 heterocycles. The lowest BCUT2D eigenvalue weighted by molar-refractivity contribution is 0.0342. The predicted molar refractivity (Wildman–Crippen MR) is 80.0 cm³/mol. The summed E-state index contributed by atoms with van der Waals surface area (Å²) in [6.45, 7) is 7.69. The molecule has 2 aliphatic heterocycles. The van der Waals surface area contributed by atoms with Crippen LogP contribution in [0.3, 0.4) is 0 Å². The highest BCUT2D eigenvalue weighted by Crippen LogP contribution is 2.16. The summed E-state index contributed by atoms with van der Waals surface area (Å²) >= 11 is 0. The summed E-state index contributed by atoms with van der Waals surface area (Å²) in [5.74, 6) is 0.669. The molecule has 0 aromatic heterocycles. The minimum atomic E-state index is 0.669. The Kier molecular flexibility index (Phi) is 4.90.